The minimum Gasteiger partial charge on any atom is -0.332 e. The molecule has 1 unspecified atom stereocenters. The normalized spacial score (nSPS) is 15.7. The fraction of sp³-hybridized carbons (Fsp3) is 0.250. The van der Waals surface area contributed by atoms with Gasteiger partial charge >= 0.3 is 0 Å². The highest BCUT2D eigenvalue weighted by molar-refractivity contribution is 5.92. The summed E-state index contributed by atoms with van der Waals surface area (Å²) in [4.78, 5) is 16.8. The highest BCUT2D eigenvalue weighted by Crippen LogP contribution is 2.36. The van der Waals surface area contributed by atoms with Gasteiger partial charge in [0.25, 0.3) is 5.91 Å². The van der Waals surface area contributed by atoms with Gasteiger partial charge in [0.05, 0.1) is 17.6 Å². The van der Waals surface area contributed by atoms with Crippen LogP contribution in [0.15, 0.2) is 60.8 Å². The van der Waals surface area contributed by atoms with E-state index in [1.54, 1.807) is 6.20 Å². The monoisotopic (exact) mass is 412 g/mol. The quantitative estimate of drug-likeness (QED) is 0.517. The van der Waals surface area contributed by atoms with Gasteiger partial charge in [0.2, 0.25) is 0 Å². The second kappa shape index (κ2) is 7.50. The standard InChI is InChI=1S/C24H24N6O/c1-16-23(17(2)28(3)26-16)21-15-29(14-18-9-7-8-12-20(18)21)24(31)22-13-25-30(27-22)19-10-5-4-6-11-19/h4-13,21H,14-15H2,1-3H3. The van der Waals surface area contributed by atoms with Gasteiger partial charge in [-0.15, -0.1) is 5.10 Å². The van der Waals surface area contributed by atoms with Crippen LogP contribution in [0.3, 0.4) is 0 Å². The van der Waals surface area contributed by atoms with Crippen LogP contribution in [-0.4, -0.2) is 42.1 Å². The number of hydrogen-bond donors (Lipinski definition) is 0. The molecule has 1 aliphatic rings. The van der Waals surface area contributed by atoms with E-state index in [4.69, 9.17) is 0 Å². The fourth-order valence-electron chi connectivity index (χ4n) is 4.51. The van der Waals surface area contributed by atoms with Crippen molar-refractivity contribution in [1.29, 1.82) is 0 Å². The van der Waals surface area contributed by atoms with Crippen molar-refractivity contribution in [1.82, 2.24) is 29.7 Å². The smallest absolute Gasteiger partial charge is 0.276 e. The molecule has 7 nitrogen and oxygen atoms in total. The van der Waals surface area contributed by atoms with Gasteiger partial charge in [-0.2, -0.15) is 15.0 Å². The summed E-state index contributed by atoms with van der Waals surface area (Å²) in [5.41, 5.74) is 6.92. The van der Waals surface area contributed by atoms with Gasteiger partial charge in [0.15, 0.2) is 5.69 Å². The molecular formula is C24H24N6O. The molecule has 1 amide bonds. The van der Waals surface area contributed by atoms with Crippen LogP contribution in [0.4, 0.5) is 0 Å². The van der Waals surface area contributed by atoms with Crippen molar-refractivity contribution in [3.8, 4) is 5.69 Å². The average molecular weight is 412 g/mol. The molecule has 7 heteroatoms. The Hall–Kier alpha value is -3.74. The molecular weight excluding hydrogens is 388 g/mol. The Balaban J connectivity index is 1.50. The molecule has 2 aromatic heterocycles. The van der Waals surface area contributed by atoms with Gasteiger partial charge in [0.1, 0.15) is 0 Å². The zero-order valence-electron chi connectivity index (χ0n) is 17.9. The van der Waals surface area contributed by atoms with Crippen molar-refractivity contribution < 1.29 is 4.79 Å². The number of aromatic nitrogens is 5. The number of rotatable bonds is 3. The maximum absolute atomic E-state index is 13.4. The first-order valence-corrected chi connectivity index (χ1v) is 10.4. The Bertz CT molecular complexity index is 1260. The fourth-order valence-corrected chi connectivity index (χ4v) is 4.51. The highest BCUT2D eigenvalue weighted by atomic mass is 16.2. The van der Waals surface area contributed by atoms with Crippen LogP contribution in [0.2, 0.25) is 0 Å². The molecule has 3 heterocycles. The minimum atomic E-state index is -0.110. The number of fused-ring (bicyclic) bond motifs is 1. The summed E-state index contributed by atoms with van der Waals surface area (Å²) in [5.74, 6) is -0.0346. The summed E-state index contributed by atoms with van der Waals surface area (Å²) < 4.78 is 1.92. The number of carbonyl (C=O) groups excluding carboxylic acids is 1. The Kier molecular flexibility index (Phi) is 4.66. The van der Waals surface area contributed by atoms with E-state index in [1.807, 2.05) is 60.0 Å². The topological polar surface area (TPSA) is 68.8 Å². The van der Waals surface area contributed by atoms with Crippen molar-refractivity contribution >= 4 is 5.91 Å². The number of carbonyl (C=O) groups is 1. The lowest BCUT2D eigenvalue weighted by atomic mass is 9.83. The number of para-hydroxylation sites is 1. The van der Waals surface area contributed by atoms with E-state index < -0.39 is 0 Å². The first kappa shape index (κ1) is 19.2. The molecule has 0 spiro atoms. The summed E-state index contributed by atoms with van der Waals surface area (Å²) in [6.07, 6.45) is 1.55. The van der Waals surface area contributed by atoms with Crippen molar-refractivity contribution in [2.24, 2.45) is 7.05 Å². The molecule has 0 saturated heterocycles. The van der Waals surface area contributed by atoms with E-state index in [2.05, 4.69) is 40.4 Å². The Labute approximate surface area is 180 Å². The number of benzene rings is 2. The summed E-state index contributed by atoms with van der Waals surface area (Å²) in [6.45, 7) is 5.27. The van der Waals surface area contributed by atoms with Crippen LogP contribution in [0.1, 0.15) is 44.5 Å². The summed E-state index contributed by atoms with van der Waals surface area (Å²) in [5, 5.41) is 13.4. The summed E-state index contributed by atoms with van der Waals surface area (Å²) in [7, 11) is 1.96. The maximum atomic E-state index is 13.4. The molecule has 5 rings (SSSR count). The second-order valence-electron chi connectivity index (χ2n) is 8.00. The van der Waals surface area contributed by atoms with Crippen molar-refractivity contribution in [3.05, 3.63) is 94.6 Å². The van der Waals surface area contributed by atoms with Gasteiger partial charge in [-0.1, -0.05) is 42.5 Å². The maximum Gasteiger partial charge on any atom is 0.276 e. The predicted octanol–water partition coefficient (Wildman–Crippen LogP) is 3.41. The summed E-state index contributed by atoms with van der Waals surface area (Å²) in [6, 6.07) is 18.0. The SMILES string of the molecule is Cc1nn(C)c(C)c1C1CN(C(=O)c2cnn(-c3ccccc3)n2)Cc2ccccc21. The van der Waals surface area contributed by atoms with E-state index in [0.717, 1.165) is 22.6 Å². The van der Waals surface area contributed by atoms with E-state index in [0.29, 0.717) is 18.8 Å². The number of aryl methyl sites for hydroxylation is 2. The third-order valence-corrected chi connectivity index (χ3v) is 6.09. The largest absolute Gasteiger partial charge is 0.332 e. The Morgan fingerprint density at radius 2 is 1.74 bits per heavy atom. The lowest BCUT2D eigenvalue weighted by Gasteiger charge is -2.34. The lowest BCUT2D eigenvalue weighted by molar-refractivity contribution is 0.0718. The molecule has 1 aliphatic heterocycles. The van der Waals surface area contributed by atoms with Gasteiger partial charge in [-0.05, 0) is 37.1 Å². The molecule has 0 radical (unpaired) electrons. The number of nitrogens with zero attached hydrogens (tertiary/aromatic N) is 6. The third kappa shape index (κ3) is 3.32. The zero-order chi connectivity index (χ0) is 21.5. The third-order valence-electron chi connectivity index (χ3n) is 6.09. The second-order valence-corrected chi connectivity index (χ2v) is 8.00. The van der Waals surface area contributed by atoms with Gasteiger partial charge in [0, 0.05) is 37.3 Å². The molecule has 0 fully saturated rings. The number of hydrogen-bond acceptors (Lipinski definition) is 4. The van der Waals surface area contributed by atoms with Crippen LogP contribution < -0.4 is 0 Å². The van der Waals surface area contributed by atoms with Crippen LogP contribution >= 0.6 is 0 Å². The lowest BCUT2D eigenvalue weighted by Crippen LogP contribution is -2.39. The minimum absolute atomic E-state index is 0.0757. The highest BCUT2D eigenvalue weighted by Gasteiger charge is 2.33. The van der Waals surface area contributed by atoms with Crippen LogP contribution in [0.5, 0.6) is 0 Å². The van der Waals surface area contributed by atoms with E-state index in [9.17, 15) is 4.79 Å². The molecule has 0 aliphatic carbocycles. The van der Waals surface area contributed by atoms with Crippen LogP contribution in [0, 0.1) is 13.8 Å². The molecule has 156 valence electrons. The molecule has 2 aromatic carbocycles. The molecule has 0 saturated carbocycles. The first-order valence-electron chi connectivity index (χ1n) is 10.4. The Morgan fingerprint density at radius 3 is 2.48 bits per heavy atom. The molecule has 1 atom stereocenters. The van der Waals surface area contributed by atoms with E-state index >= 15 is 0 Å². The van der Waals surface area contributed by atoms with Crippen molar-refractivity contribution in [2.45, 2.75) is 26.3 Å². The van der Waals surface area contributed by atoms with Gasteiger partial charge in [-0.3, -0.25) is 9.48 Å². The van der Waals surface area contributed by atoms with E-state index in [1.165, 1.54) is 15.9 Å². The van der Waals surface area contributed by atoms with E-state index in [-0.39, 0.29) is 11.8 Å². The molecule has 4 aromatic rings. The van der Waals surface area contributed by atoms with Gasteiger partial charge in [-0.25, -0.2) is 0 Å². The predicted molar refractivity (Wildman–Crippen MR) is 117 cm³/mol. The molecule has 0 bridgehead atoms. The summed E-state index contributed by atoms with van der Waals surface area (Å²) >= 11 is 0. The number of amides is 1. The van der Waals surface area contributed by atoms with Crippen LogP contribution in [0.25, 0.3) is 5.69 Å². The zero-order valence-corrected chi connectivity index (χ0v) is 17.9. The van der Waals surface area contributed by atoms with Crippen molar-refractivity contribution in [2.75, 3.05) is 6.54 Å². The first-order chi connectivity index (χ1) is 15.0. The Morgan fingerprint density at radius 1 is 1.00 bits per heavy atom. The van der Waals surface area contributed by atoms with Gasteiger partial charge < -0.3 is 4.90 Å². The molecule has 0 N–H and O–H groups in total. The van der Waals surface area contributed by atoms with Crippen LogP contribution in [-0.2, 0) is 13.6 Å². The average Bonchev–Trinajstić information content (AvgIpc) is 3.38. The van der Waals surface area contributed by atoms with Crippen molar-refractivity contribution in [3.63, 3.8) is 0 Å². The molecule has 31 heavy (non-hydrogen) atoms.